The standard InChI is InChI=1S/C23H34N2O/c26-23(24-17-21-8-9-21)11-10-18-4-6-19(7-5-18)16-20-12-14-25(15-13-20)22-2-1-3-22/h4-7,20-22H,1-3,8-17H2,(H,24,26). The van der Waals surface area contributed by atoms with Crippen molar-refractivity contribution in [3.63, 3.8) is 0 Å². The van der Waals surface area contributed by atoms with Gasteiger partial charge in [-0.05, 0) is 87.4 Å². The number of carbonyl (C=O) groups excluding carboxylic acids is 1. The molecule has 3 heteroatoms. The summed E-state index contributed by atoms with van der Waals surface area (Å²) in [6, 6.07) is 9.95. The van der Waals surface area contributed by atoms with Crippen molar-refractivity contribution in [3.8, 4) is 0 Å². The molecule has 1 heterocycles. The van der Waals surface area contributed by atoms with E-state index < -0.39 is 0 Å². The molecule has 2 aliphatic carbocycles. The van der Waals surface area contributed by atoms with Gasteiger partial charge in [0, 0.05) is 19.0 Å². The van der Waals surface area contributed by atoms with E-state index in [1.807, 2.05) is 0 Å². The van der Waals surface area contributed by atoms with Crippen LogP contribution >= 0.6 is 0 Å². The van der Waals surface area contributed by atoms with E-state index in [0.29, 0.717) is 6.42 Å². The largest absolute Gasteiger partial charge is 0.356 e. The highest BCUT2D eigenvalue weighted by molar-refractivity contribution is 5.76. The van der Waals surface area contributed by atoms with Crippen molar-refractivity contribution in [3.05, 3.63) is 35.4 Å². The summed E-state index contributed by atoms with van der Waals surface area (Å²) < 4.78 is 0. The highest BCUT2D eigenvalue weighted by Crippen LogP contribution is 2.30. The lowest BCUT2D eigenvalue weighted by Crippen LogP contribution is -2.45. The molecule has 2 saturated carbocycles. The molecule has 1 amide bonds. The van der Waals surface area contributed by atoms with Crippen molar-refractivity contribution in [2.45, 2.75) is 70.3 Å². The van der Waals surface area contributed by atoms with Crippen LogP contribution in [0.1, 0.15) is 62.5 Å². The van der Waals surface area contributed by atoms with Crippen LogP contribution in [0.2, 0.25) is 0 Å². The van der Waals surface area contributed by atoms with Crippen LogP contribution < -0.4 is 5.32 Å². The molecule has 1 saturated heterocycles. The number of hydrogen-bond acceptors (Lipinski definition) is 2. The first-order valence-electron chi connectivity index (χ1n) is 10.8. The summed E-state index contributed by atoms with van der Waals surface area (Å²) in [5, 5.41) is 3.06. The average molecular weight is 355 g/mol. The summed E-state index contributed by atoms with van der Waals surface area (Å²) in [4.78, 5) is 14.6. The van der Waals surface area contributed by atoms with Crippen LogP contribution in [-0.4, -0.2) is 36.5 Å². The van der Waals surface area contributed by atoms with Gasteiger partial charge in [-0.25, -0.2) is 0 Å². The van der Waals surface area contributed by atoms with Crippen LogP contribution in [0.15, 0.2) is 24.3 Å². The quantitative estimate of drug-likeness (QED) is 0.766. The Kier molecular flexibility index (Phi) is 5.94. The number of carbonyl (C=O) groups is 1. The van der Waals surface area contributed by atoms with Gasteiger partial charge in [0.05, 0.1) is 0 Å². The first-order valence-corrected chi connectivity index (χ1v) is 10.8. The van der Waals surface area contributed by atoms with Gasteiger partial charge in [-0.15, -0.1) is 0 Å². The van der Waals surface area contributed by atoms with Gasteiger partial charge in [0.1, 0.15) is 0 Å². The van der Waals surface area contributed by atoms with Gasteiger partial charge >= 0.3 is 0 Å². The van der Waals surface area contributed by atoms with Crippen molar-refractivity contribution in [2.75, 3.05) is 19.6 Å². The summed E-state index contributed by atoms with van der Waals surface area (Å²) in [6.45, 7) is 3.50. The fraction of sp³-hybridized carbons (Fsp3) is 0.696. The molecule has 1 aromatic carbocycles. The second-order valence-corrected chi connectivity index (χ2v) is 8.83. The van der Waals surface area contributed by atoms with E-state index in [4.69, 9.17) is 0 Å². The summed E-state index contributed by atoms with van der Waals surface area (Å²) in [5.41, 5.74) is 2.75. The van der Waals surface area contributed by atoms with Crippen molar-refractivity contribution in [1.29, 1.82) is 0 Å². The molecule has 4 rings (SSSR count). The van der Waals surface area contributed by atoms with Crippen LogP contribution in [-0.2, 0) is 17.6 Å². The lowest BCUT2D eigenvalue weighted by molar-refractivity contribution is -0.121. The molecule has 0 atom stereocenters. The molecule has 0 spiro atoms. The van der Waals surface area contributed by atoms with E-state index in [-0.39, 0.29) is 5.91 Å². The molecule has 0 aromatic heterocycles. The molecule has 3 nitrogen and oxygen atoms in total. The van der Waals surface area contributed by atoms with Gasteiger partial charge in [-0.3, -0.25) is 4.79 Å². The number of piperidine rings is 1. The minimum absolute atomic E-state index is 0.208. The summed E-state index contributed by atoms with van der Waals surface area (Å²) >= 11 is 0. The SMILES string of the molecule is O=C(CCc1ccc(CC2CCN(C3CCC3)CC2)cc1)NCC1CC1. The molecule has 0 bridgehead atoms. The fourth-order valence-electron chi connectivity index (χ4n) is 4.38. The highest BCUT2D eigenvalue weighted by atomic mass is 16.1. The zero-order valence-corrected chi connectivity index (χ0v) is 16.1. The molecular weight excluding hydrogens is 320 g/mol. The van der Waals surface area contributed by atoms with Gasteiger partial charge in [0.2, 0.25) is 5.91 Å². The molecule has 1 N–H and O–H groups in total. The number of hydrogen-bond donors (Lipinski definition) is 1. The smallest absolute Gasteiger partial charge is 0.220 e. The van der Waals surface area contributed by atoms with E-state index in [1.165, 1.54) is 75.6 Å². The number of likely N-dealkylation sites (tertiary alicyclic amines) is 1. The van der Waals surface area contributed by atoms with Gasteiger partial charge in [-0.1, -0.05) is 30.7 Å². The van der Waals surface area contributed by atoms with Gasteiger partial charge in [-0.2, -0.15) is 0 Å². The predicted molar refractivity (Wildman–Crippen MR) is 106 cm³/mol. The van der Waals surface area contributed by atoms with Crippen LogP contribution in [0.5, 0.6) is 0 Å². The molecule has 1 aliphatic heterocycles. The molecule has 26 heavy (non-hydrogen) atoms. The Hall–Kier alpha value is -1.35. The first-order chi connectivity index (χ1) is 12.8. The minimum atomic E-state index is 0.208. The zero-order chi connectivity index (χ0) is 17.8. The Labute approximate surface area is 158 Å². The maximum absolute atomic E-state index is 11.9. The Morgan fingerprint density at radius 1 is 0.923 bits per heavy atom. The second kappa shape index (κ2) is 8.56. The van der Waals surface area contributed by atoms with Crippen molar-refractivity contribution in [1.82, 2.24) is 10.2 Å². The van der Waals surface area contributed by atoms with Crippen molar-refractivity contribution in [2.24, 2.45) is 11.8 Å². The third-order valence-corrected chi connectivity index (χ3v) is 6.71. The van der Waals surface area contributed by atoms with Crippen LogP contribution in [0, 0.1) is 11.8 Å². The van der Waals surface area contributed by atoms with Crippen LogP contribution in [0.3, 0.4) is 0 Å². The highest BCUT2D eigenvalue weighted by Gasteiger charge is 2.28. The van der Waals surface area contributed by atoms with E-state index >= 15 is 0 Å². The molecule has 3 fully saturated rings. The molecule has 0 radical (unpaired) electrons. The van der Waals surface area contributed by atoms with Gasteiger partial charge in [0.15, 0.2) is 0 Å². The Bertz CT molecular complexity index is 581. The number of aryl methyl sites for hydroxylation is 1. The Balaban J connectivity index is 1.16. The second-order valence-electron chi connectivity index (χ2n) is 8.83. The van der Waals surface area contributed by atoms with Crippen molar-refractivity contribution < 1.29 is 4.79 Å². The summed E-state index contributed by atoms with van der Waals surface area (Å²) in [5.74, 6) is 1.82. The molecule has 142 valence electrons. The van der Waals surface area contributed by atoms with E-state index in [9.17, 15) is 4.79 Å². The van der Waals surface area contributed by atoms with E-state index in [2.05, 4.69) is 34.5 Å². The van der Waals surface area contributed by atoms with Crippen molar-refractivity contribution >= 4 is 5.91 Å². The predicted octanol–water partition coefficient (Wildman–Crippen LogP) is 3.95. The topological polar surface area (TPSA) is 32.3 Å². The summed E-state index contributed by atoms with van der Waals surface area (Å²) in [7, 11) is 0. The number of nitrogens with zero attached hydrogens (tertiary/aromatic N) is 1. The normalized spacial score (nSPS) is 22.2. The fourth-order valence-corrected chi connectivity index (χ4v) is 4.38. The lowest BCUT2D eigenvalue weighted by Gasteiger charge is -2.41. The van der Waals surface area contributed by atoms with Gasteiger partial charge < -0.3 is 10.2 Å². The Morgan fingerprint density at radius 2 is 1.62 bits per heavy atom. The number of benzene rings is 1. The third kappa shape index (κ3) is 5.09. The molecule has 3 aliphatic rings. The molecular formula is C23H34N2O. The lowest BCUT2D eigenvalue weighted by atomic mass is 9.85. The average Bonchev–Trinajstić information content (AvgIpc) is 3.44. The van der Waals surface area contributed by atoms with Crippen LogP contribution in [0.25, 0.3) is 0 Å². The van der Waals surface area contributed by atoms with E-state index in [1.54, 1.807) is 0 Å². The summed E-state index contributed by atoms with van der Waals surface area (Å²) in [6.07, 6.45) is 12.3. The maximum Gasteiger partial charge on any atom is 0.220 e. The van der Waals surface area contributed by atoms with E-state index in [0.717, 1.165) is 30.8 Å². The first kappa shape index (κ1) is 18.0. The third-order valence-electron chi connectivity index (χ3n) is 6.71. The molecule has 0 unspecified atom stereocenters. The monoisotopic (exact) mass is 354 g/mol. The zero-order valence-electron chi connectivity index (χ0n) is 16.1. The number of amides is 1. The Morgan fingerprint density at radius 3 is 2.23 bits per heavy atom. The number of nitrogens with one attached hydrogen (secondary N) is 1. The van der Waals surface area contributed by atoms with Gasteiger partial charge in [0.25, 0.3) is 0 Å². The molecule has 1 aromatic rings. The number of rotatable bonds is 8. The maximum atomic E-state index is 11.9. The minimum Gasteiger partial charge on any atom is -0.356 e. The van der Waals surface area contributed by atoms with Crippen LogP contribution in [0.4, 0.5) is 0 Å².